The first-order valence-electron chi connectivity index (χ1n) is 10.7. The third kappa shape index (κ3) is 5.37. The van der Waals surface area contributed by atoms with E-state index < -0.39 is 33.4 Å². The summed E-state index contributed by atoms with van der Waals surface area (Å²) in [5.41, 5.74) is 1.38. The van der Waals surface area contributed by atoms with Crippen LogP contribution in [0.15, 0.2) is 29.2 Å². The van der Waals surface area contributed by atoms with Crippen molar-refractivity contribution in [2.75, 3.05) is 44.2 Å². The highest BCUT2D eigenvalue weighted by Gasteiger charge is 2.31. The van der Waals surface area contributed by atoms with Gasteiger partial charge in [0.2, 0.25) is 15.9 Å². The van der Waals surface area contributed by atoms with Crippen LogP contribution >= 0.6 is 0 Å². The number of esters is 1. The van der Waals surface area contributed by atoms with Crippen LogP contribution in [-0.4, -0.2) is 74.4 Å². The molecule has 2 aromatic rings. The largest absolute Gasteiger partial charge is 0.462 e. The molecule has 2 heterocycles. The molecule has 184 valence electrons. The first kappa shape index (κ1) is 25.2. The molecular formula is C21H27N5O7S. The smallest absolute Gasteiger partial charge is 0.341 e. The van der Waals surface area contributed by atoms with Crippen LogP contribution in [0.4, 0.5) is 11.4 Å². The van der Waals surface area contributed by atoms with Gasteiger partial charge in [0.05, 0.1) is 18.1 Å². The van der Waals surface area contributed by atoms with Gasteiger partial charge in [0.15, 0.2) is 0 Å². The number of hydrogen-bond acceptors (Lipinski definition) is 8. The van der Waals surface area contributed by atoms with Crippen molar-refractivity contribution < 1.29 is 27.7 Å². The number of ether oxygens (including phenoxy) is 1. The molecule has 1 amide bonds. The van der Waals surface area contributed by atoms with E-state index in [9.17, 15) is 28.1 Å². The molecule has 0 aliphatic carbocycles. The normalized spacial score (nSPS) is 14.2. The maximum atomic E-state index is 12.9. The fraction of sp³-hybridized carbons (Fsp3) is 0.429. The molecule has 0 spiro atoms. The molecule has 13 heteroatoms. The summed E-state index contributed by atoms with van der Waals surface area (Å²) in [6.07, 6.45) is 0. The molecule has 0 atom stereocenters. The van der Waals surface area contributed by atoms with Gasteiger partial charge in [0, 0.05) is 55.4 Å². The van der Waals surface area contributed by atoms with Gasteiger partial charge in [0.1, 0.15) is 10.5 Å². The van der Waals surface area contributed by atoms with Crippen LogP contribution in [0.3, 0.4) is 0 Å². The molecule has 1 aliphatic heterocycles. The molecule has 1 saturated heterocycles. The molecule has 1 aromatic carbocycles. The van der Waals surface area contributed by atoms with Crippen molar-refractivity contribution in [3.05, 3.63) is 51.3 Å². The molecule has 3 rings (SSSR count). The third-order valence-electron chi connectivity index (χ3n) is 5.54. The van der Waals surface area contributed by atoms with Crippen LogP contribution in [0.5, 0.6) is 0 Å². The number of benzene rings is 1. The van der Waals surface area contributed by atoms with Gasteiger partial charge in [-0.3, -0.25) is 14.9 Å². The topological polar surface area (TPSA) is 155 Å². The lowest BCUT2D eigenvalue weighted by molar-refractivity contribution is -0.384. The second kappa shape index (κ2) is 10.2. The molecular weight excluding hydrogens is 466 g/mol. The van der Waals surface area contributed by atoms with E-state index in [1.807, 2.05) is 4.90 Å². The number of H-pyrrole nitrogens is 1. The van der Waals surface area contributed by atoms with Crippen LogP contribution in [0.1, 0.15) is 28.7 Å². The van der Waals surface area contributed by atoms with Gasteiger partial charge in [0.25, 0.3) is 5.69 Å². The fourth-order valence-corrected chi connectivity index (χ4v) is 5.30. The second-order valence-electron chi connectivity index (χ2n) is 7.77. The predicted octanol–water partition coefficient (Wildman–Crippen LogP) is 1.34. The SMILES string of the molecule is CCOC(=O)c1c(C)[nH]c(C)c1S(=O)(=O)NCC(=O)N1CCN(c2ccc([N+](=O)[O-])cc2)CC1. The summed E-state index contributed by atoms with van der Waals surface area (Å²) in [4.78, 5) is 41.4. The van der Waals surface area contributed by atoms with Gasteiger partial charge >= 0.3 is 5.97 Å². The number of nitrogens with zero attached hydrogens (tertiary/aromatic N) is 3. The quantitative estimate of drug-likeness (QED) is 0.317. The van der Waals surface area contributed by atoms with Crippen molar-refractivity contribution in [3.8, 4) is 0 Å². The summed E-state index contributed by atoms with van der Waals surface area (Å²) in [5, 5.41) is 10.8. The number of anilines is 1. The zero-order chi connectivity index (χ0) is 25.0. The van der Waals surface area contributed by atoms with E-state index in [4.69, 9.17) is 4.74 Å². The third-order valence-corrected chi connectivity index (χ3v) is 7.11. The molecule has 0 bridgehead atoms. The molecule has 0 unspecified atom stereocenters. The van der Waals surface area contributed by atoms with Crippen LogP contribution in [0, 0.1) is 24.0 Å². The number of aromatic amines is 1. The number of nitro benzene ring substituents is 1. The van der Waals surface area contributed by atoms with Crippen molar-refractivity contribution in [3.63, 3.8) is 0 Å². The highest BCUT2D eigenvalue weighted by Crippen LogP contribution is 2.25. The minimum absolute atomic E-state index is 0.00353. The Hall–Kier alpha value is -3.45. The lowest BCUT2D eigenvalue weighted by Crippen LogP contribution is -2.51. The van der Waals surface area contributed by atoms with Crippen molar-refractivity contribution in [2.24, 2.45) is 0 Å². The summed E-state index contributed by atoms with van der Waals surface area (Å²) < 4.78 is 33.1. The number of aryl methyl sites for hydroxylation is 2. The molecule has 0 radical (unpaired) electrons. The maximum Gasteiger partial charge on any atom is 0.341 e. The number of piperazine rings is 1. The average molecular weight is 494 g/mol. The summed E-state index contributed by atoms with van der Waals surface area (Å²) in [6, 6.07) is 6.17. The van der Waals surface area contributed by atoms with Gasteiger partial charge in [-0.25, -0.2) is 17.9 Å². The van der Waals surface area contributed by atoms with Crippen molar-refractivity contribution in [1.82, 2.24) is 14.6 Å². The van der Waals surface area contributed by atoms with Crippen LogP contribution in [0.2, 0.25) is 0 Å². The Bertz CT molecular complexity index is 1180. The Labute approximate surface area is 197 Å². The Morgan fingerprint density at radius 3 is 2.29 bits per heavy atom. The number of sulfonamides is 1. The maximum absolute atomic E-state index is 12.9. The van der Waals surface area contributed by atoms with E-state index in [0.29, 0.717) is 31.9 Å². The highest BCUT2D eigenvalue weighted by atomic mass is 32.2. The monoisotopic (exact) mass is 493 g/mol. The predicted molar refractivity (Wildman–Crippen MR) is 123 cm³/mol. The minimum Gasteiger partial charge on any atom is -0.462 e. The van der Waals surface area contributed by atoms with E-state index in [-0.39, 0.29) is 28.4 Å². The van der Waals surface area contributed by atoms with Crippen molar-refractivity contribution >= 4 is 33.3 Å². The number of non-ortho nitro benzene ring substituents is 1. The first-order chi connectivity index (χ1) is 16.0. The van der Waals surface area contributed by atoms with Gasteiger partial charge in [-0.2, -0.15) is 0 Å². The number of nitro groups is 1. The second-order valence-corrected chi connectivity index (χ2v) is 9.47. The van der Waals surface area contributed by atoms with Gasteiger partial charge in [-0.1, -0.05) is 0 Å². The number of carbonyl (C=O) groups is 2. The standard InChI is InChI=1S/C21H27N5O7S/c1-4-33-21(28)19-14(2)23-15(3)20(19)34(31,32)22-13-18(27)25-11-9-24(10-12-25)16-5-7-17(8-6-16)26(29)30/h5-8,22-23H,4,9-13H2,1-3H3. The van der Waals surface area contributed by atoms with Gasteiger partial charge in [-0.05, 0) is 32.9 Å². The number of nitrogens with one attached hydrogen (secondary N) is 2. The molecule has 12 nitrogen and oxygen atoms in total. The minimum atomic E-state index is -4.16. The van der Waals surface area contributed by atoms with Crippen LogP contribution in [-0.2, 0) is 19.6 Å². The van der Waals surface area contributed by atoms with E-state index >= 15 is 0 Å². The zero-order valence-corrected chi connectivity index (χ0v) is 20.0. The lowest BCUT2D eigenvalue weighted by Gasteiger charge is -2.36. The summed E-state index contributed by atoms with van der Waals surface area (Å²) in [7, 11) is -4.16. The van der Waals surface area contributed by atoms with E-state index in [1.165, 1.54) is 19.1 Å². The first-order valence-corrected chi connectivity index (χ1v) is 12.2. The summed E-state index contributed by atoms with van der Waals surface area (Å²) >= 11 is 0. The highest BCUT2D eigenvalue weighted by molar-refractivity contribution is 7.89. The Balaban J connectivity index is 1.61. The molecule has 1 fully saturated rings. The average Bonchev–Trinajstić information content (AvgIpc) is 3.12. The number of hydrogen-bond donors (Lipinski definition) is 2. The summed E-state index contributed by atoms with van der Waals surface area (Å²) in [6.45, 7) is 6.11. The van der Waals surface area contributed by atoms with Crippen LogP contribution in [0.25, 0.3) is 0 Å². The van der Waals surface area contributed by atoms with Gasteiger partial charge < -0.3 is 19.5 Å². The molecule has 1 aromatic heterocycles. The number of carbonyl (C=O) groups excluding carboxylic acids is 2. The number of rotatable bonds is 8. The van der Waals surface area contributed by atoms with Gasteiger partial charge in [-0.15, -0.1) is 0 Å². The molecule has 34 heavy (non-hydrogen) atoms. The molecule has 1 aliphatic rings. The Kier molecular flexibility index (Phi) is 7.57. The van der Waals surface area contributed by atoms with Crippen molar-refractivity contribution in [2.45, 2.75) is 25.7 Å². The van der Waals surface area contributed by atoms with Crippen LogP contribution < -0.4 is 9.62 Å². The zero-order valence-electron chi connectivity index (χ0n) is 19.2. The summed E-state index contributed by atoms with van der Waals surface area (Å²) in [5.74, 6) is -1.15. The Morgan fingerprint density at radius 2 is 1.74 bits per heavy atom. The number of aromatic nitrogens is 1. The molecule has 0 saturated carbocycles. The van der Waals surface area contributed by atoms with E-state index in [1.54, 1.807) is 30.9 Å². The van der Waals surface area contributed by atoms with Crippen molar-refractivity contribution in [1.29, 1.82) is 0 Å². The van der Waals surface area contributed by atoms with E-state index in [0.717, 1.165) is 5.69 Å². The lowest BCUT2D eigenvalue weighted by atomic mass is 10.2. The Morgan fingerprint density at radius 1 is 1.12 bits per heavy atom. The fourth-order valence-electron chi connectivity index (χ4n) is 3.88. The van der Waals surface area contributed by atoms with E-state index in [2.05, 4.69) is 9.71 Å². The number of amides is 1. The molecule has 2 N–H and O–H groups in total.